The van der Waals surface area contributed by atoms with Crippen LogP contribution in [0.4, 0.5) is 0 Å². The third-order valence-electron chi connectivity index (χ3n) is 5.27. The average Bonchev–Trinajstić information content (AvgIpc) is 3.15. The topological polar surface area (TPSA) is 31.9 Å². The maximum Gasteiger partial charge on any atom is 0.124 e. The van der Waals surface area contributed by atoms with Gasteiger partial charge in [0.2, 0.25) is 0 Å². The van der Waals surface area contributed by atoms with Crippen LogP contribution in [0.5, 0.6) is 0 Å². The molecule has 0 saturated carbocycles. The molecule has 1 aromatic heterocycles. The Morgan fingerprint density at radius 3 is 2.35 bits per heavy atom. The van der Waals surface area contributed by atoms with Crippen molar-refractivity contribution in [3.63, 3.8) is 0 Å². The van der Waals surface area contributed by atoms with Crippen LogP contribution in [0.3, 0.4) is 0 Å². The number of hydrogen-bond acceptors (Lipinski definition) is 2. The van der Waals surface area contributed by atoms with Crippen molar-refractivity contribution in [2.75, 3.05) is 13.1 Å². The molecule has 26 heavy (non-hydrogen) atoms. The van der Waals surface area contributed by atoms with Crippen LogP contribution < -0.4 is 0 Å². The Kier molecular flexibility index (Phi) is 5.16. The Morgan fingerprint density at radius 1 is 0.962 bits per heavy atom. The van der Waals surface area contributed by atoms with Gasteiger partial charge < -0.3 is 4.98 Å². The molecule has 0 radical (unpaired) electrons. The van der Waals surface area contributed by atoms with Crippen LogP contribution in [-0.4, -0.2) is 28.0 Å². The van der Waals surface area contributed by atoms with Gasteiger partial charge in [-0.05, 0) is 32.4 Å². The molecular formula is C23H27N3. The number of likely N-dealkylation sites (tertiary alicyclic amines) is 1. The molecule has 2 heterocycles. The highest BCUT2D eigenvalue weighted by molar-refractivity contribution is 5.78. The van der Waals surface area contributed by atoms with E-state index < -0.39 is 0 Å². The number of rotatable bonds is 5. The Balaban J connectivity index is 1.78. The molecule has 0 bridgehead atoms. The van der Waals surface area contributed by atoms with E-state index in [1.807, 2.05) is 0 Å². The normalized spacial score (nSPS) is 18.1. The van der Waals surface area contributed by atoms with Gasteiger partial charge >= 0.3 is 0 Å². The first kappa shape index (κ1) is 17.0. The minimum atomic E-state index is 0.406. The fourth-order valence-electron chi connectivity index (χ4n) is 4.02. The van der Waals surface area contributed by atoms with Gasteiger partial charge in [0, 0.05) is 11.1 Å². The molecule has 3 nitrogen and oxygen atoms in total. The molecule has 1 atom stereocenters. The molecular weight excluding hydrogens is 318 g/mol. The Hall–Kier alpha value is -2.39. The molecule has 1 N–H and O–H groups in total. The van der Waals surface area contributed by atoms with Gasteiger partial charge in [0.05, 0.1) is 17.4 Å². The number of nitrogens with one attached hydrogen (secondary N) is 1. The largest absolute Gasteiger partial charge is 0.340 e. The molecule has 1 aliphatic rings. The number of hydrogen-bond donors (Lipinski definition) is 1. The number of H-pyrrole nitrogens is 1. The molecule has 2 aromatic carbocycles. The lowest BCUT2D eigenvalue weighted by atomic mass is 10.0. The fraction of sp³-hybridized carbons (Fsp3) is 0.348. The van der Waals surface area contributed by atoms with Crippen LogP contribution in [0, 0.1) is 0 Å². The lowest BCUT2D eigenvalue weighted by Gasteiger charge is -2.34. The summed E-state index contributed by atoms with van der Waals surface area (Å²) < 4.78 is 0. The second-order valence-corrected chi connectivity index (χ2v) is 7.13. The van der Waals surface area contributed by atoms with Gasteiger partial charge in [0.15, 0.2) is 0 Å². The lowest BCUT2D eigenvalue weighted by molar-refractivity contribution is 0.143. The smallest absolute Gasteiger partial charge is 0.124 e. The lowest BCUT2D eigenvalue weighted by Crippen LogP contribution is -2.34. The van der Waals surface area contributed by atoms with Crippen LogP contribution >= 0.6 is 0 Å². The van der Waals surface area contributed by atoms with Crippen molar-refractivity contribution in [2.45, 2.75) is 38.6 Å². The number of nitrogens with zero attached hydrogens (tertiary/aromatic N) is 2. The Bertz CT molecular complexity index is 764. The highest BCUT2D eigenvalue weighted by Gasteiger charge is 2.27. The molecule has 1 aliphatic heterocycles. The van der Waals surface area contributed by atoms with E-state index in [1.165, 1.54) is 43.4 Å². The van der Waals surface area contributed by atoms with Crippen LogP contribution in [0.1, 0.15) is 44.5 Å². The molecule has 1 fully saturated rings. The molecule has 134 valence electrons. The van der Waals surface area contributed by atoms with Crippen LogP contribution in [-0.2, 0) is 0 Å². The van der Waals surface area contributed by atoms with Crippen LogP contribution in [0.25, 0.3) is 22.5 Å². The summed E-state index contributed by atoms with van der Waals surface area (Å²) in [4.78, 5) is 11.4. The Labute approximate surface area is 156 Å². The van der Waals surface area contributed by atoms with Crippen molar-refractivity contribution in [2.24, 2.45) is 0 Å². The van der Waals surface area contributed by atoms with E-state index in [0.717, 1.165) is 23.8 Å². The minimum Gasteiger partial charge on any atom is -0.340 e. The number of benzene rings is 2. The zero-order valence-corrected chi connectivity index (χ0v) is 15.5. The van der Waals surface area contributed by atoms with E-state index in [4.69, 9.17) is 4.98 Å². The number of piperidine rings is 1. The van der Waals surface area contributed by atoms with E-state index in [1.54, 1.807) is 0 Å². The maximum absolute atomic E-state index is 5.12. The van der Waals surface area contributed by atoms with Crippen molar-refractivity contribution < 1.29 is 0 Å². The number of imidazole rings is 1. The van der Waals surface area contributed by atoms with E-state index in [-0.39, 0.29) is 0 Å². The Morgan fingerprint density at radius 2 is 1.65 bits per heavy atom. The second-order valence-electron chi connectivity index (χ2n) is 7.13. The molecule has 4 rings (SSSR count). The van der Waals surface area contributed by atoms with Crippen molar-refractivity contribution in [3.8, 4) is 22.5 Å². The maximum atomic E-state index is 5.12. The summed E-state index contributed by atoms with van der Waals surface area (Å²) in [7, 11) is 0. The predicted molar refractivity (Wildman–Crippen MR) is 108 cm³/mol. The first-order valence-electron chi connectivity index (χ1n) is 9.81. The summed E-state index contributed by atoms with van der Waals surface area (Å²) >= 11 is 0. The zero-order valence-electron chi connectivity index (χ0n) is 15.5. The summed E-state index contributed by atoms with van der Waals surface area (Å²) in [6.45, 7) is 4.59. The van der Waals surface area contributed by atoms with Crippen LogP contribution in [0.2, 0.25) is 0 Å². The van der Waals surface area contributed by atoms with Gasteiger partial charge in [-0.1, -0.05) is 74.0 Å². The van der Waals surface area contributed by atoms with Crippen LogP contribution in [0.15, 0.2) is 60.7 Å². The average molecular weight is 345 g/mol. The predicted octanol–water partition coefficient (Wildman–Crippen LogP) is 5.68. The van der Waals surface area contributed by atoms with E-state index in [9.17, 15) is 0 Å². The highest BCUT2D eigenvalue weighted by atomic mass is 15.2. The monoisotopic (exact) mass is 345 g/mol. The van der Waals surface area contributed by atoms with E-state index >= 15 is 0 Å². The molecule has 0 spiro atoms. The summed E-state index contributed by atoms with van der Waals surface area (Å²) in [5.41, 5.74) is 4.57. The van der Waals surface area contributed by atoms with Crippen molar-refractivity contribution in [1.29, 1.82) is 0 Å². The number of aromatic nitrogens is 2. The first-order valence-corrected chi connectivity index (χ1v) is 9.81. The number of aromatic amines is 1. The molecule has 3 heteroatoms. The summed E-state index contributed by atoms with van der Waals surface area (Å²) in [5.74, 6) is 1.12. The summed E-state index contributed by atoms with van der Waals surface area (Å²) in [5, 5.41) is 0. The standard InChI is InChI=1S/C23H27N3/c1-2-16-26-17-10-9-15-20(26)23-24-21(18-11-5-3-6-12-18)22(25-23)19-13-7-4-8-14-19/h3-8,11-14,20H,2,9-10,15-17H2,1H3,(H,24,25). The van der Waals surface area contributed by atoms with Gasteiger partial charge in [0.25, 0.3) is 0 Å². The third-order valence-corrected chi connectivity index (χ3v) is 5.27. The summed E-state index contributed by atoms with van der Waals surface area (Å²) in [6, 6.07) is 21.5. The fourth-order valence-corrected chi connectivity index (χ4v) is 4.02. The van der Waals surface area contributed by atoms with Crippen molar-refractivity contribution >= 4 is 0 Å². The highest BCUT2D eigenvalue weighted by Crippen LogP contribution is 2.35. The minimum absolute atomic E-state index is 0.406. The SMILES string of the molecule is CCCN1CCCCC1c1nc(-c2ccccc2)c(-c2ccccc2)[nH]1. The third kappa shape index (κ3) is 3.45. The molecule has 1 unspecified atom stereocenters. The summed E-state index contributed by atoms with van der Waals surface area (Å²) in [6.07, 6.45) is 4.96. The first-order chi connectivity index (χ1) is 12.9. The van der Waals surface area contributed by atoms with E-state index in [2.05, 4.69) is 77.5 Å². The zero-order chi connectivity index (χ0) is 17.8. The van der Waals surface area contributed by atoms with Crippen molar-refractivity contribution in [3.05, 3.63) is 66.5 Å². The molecule has 0 amide bonds. The van der Waals surface area contributed by atoms with Gasteiger partial charge in [-0.2, -0.15) is 0 Å². The van der Waals surface area contributed by atoms with Gasteiger partial charge in [0.1, 0.15) is 5.82 Å². The van der Waals surface area contributed by atoms with Crippen molar-refractivity contribution in [1.82, 2.24) is 14.9 Å². The van der Waals surface area contributed by atoms with Gasteiger partial charge in [-0.3, -0.25) is 4.90 Å². The van der Waals surface area contributed by atoms with E-state index in [0.29, 0.717) is 6.04 Å². The van der Waals surface area contributed by atoms with Gasteiger partial charge in [-0.25, -0.2) is 4.98 Å². The molecule has 0 aliphatic carbocycles. The second kappa shape index (κ2) is 7.88. The molecule has 1 saturated heterocycles. The molecule has 3 aromatic rings. The quantitative estimate of drug-likeness (QED) is 0.645. The van der Waals surface area contributed by atoms with Gasteiger partial charge in [-0.15, -0.1) is 0 Å².